The molecule has 0 saturated carbocycles. The van der Waals surface area contributed by atoms with Crippen LogP contribution < -0.4 is 16.9 Å². The molecule has 5 N–H and O–H groups in total. The summed E-state index contributed by atoms with van der Waals surface area (Å²) in [5.41, 5.74) is 20.6. The van der Waals surface area contributed by atoms with Gasteiger partial charge in [0.25, 0.3) is 0 Å². The van der Waals surface area contributed by atoms with Gasteiger partial charge >= 0.3 is 0 Å². The molecule has 0 aliphatic rings. The van der Waals surface area contributed by atoms with Gasteiger partial charge in [-0.25, -0.2) is 19.8 Å². The number of aromatic nitrogens is 4. The molecule has 0 amide bonds. The van der Waals surface area contributed by atoms with Crippen LogP contribution in [-0.4, -0.2) is 31.4 Å². The summed E-state index contributed by atoms with van der Waals surface area (Å²) in [6, 6.07) is 16.7. The molecule has 0 saturated heterocycles. The number of hydrazine groups is 1. The Bertz CT molecular complexity index is 1490. The van der Waals surface area contributed by atoms with Gasteiger partial charge in [-0.1, -0.05) is 36.4 Å². The number of nitrogens with two attached hydrogens (primary N) is 2. The highest BCUT2D eigenvalue weighted by Crippen LogP contribution is 2.24. The highest BCUT2D eigenvalue weighted by atomic mass is 19.1. The standard InChI is InChI=1S/C25H23FN8/c1-29-33(15-22(27)17-9-7-16(8-10-17)18-4-3-11-30-12-18)13-19-14-34-24(31-19)20-5-2-6-21(26)23(20)32-25(34)28/h2-12,14-15,29H,13,27H2,1H3,(H2,28,32)/b22-15-. The second kappa shape index (κ2) is 8.80. The van der Waals surface area contributed by atoms with Crippen molar-refractivity contribution in [2.75, 3.05) is 12.8 Å². The lowest BCUT2D eigenvalue weighted by Gasteiger charge is -2.19. The maximum atomic E-state index is 14.2. The van der Waals surface area contributed by atoms with E-state index in [2.05, 4.69) is 20.4 Å². The van der Waals surface area contributed by atoms with E-state index >= 15 is 0 Å². The summed E-state index contributed by atoms with van der Waals surface area (Å²) in [6.45, 7) is 0.406. The first-order chi connectivity index (χ1) is 16.5. The molecule has 0 aliphatic carbocycles. The summed E-state index contributed by atoms with van der Waals surface area (Å²) in [7, 11) is 1.80. The molecule has 9 heteroatoms. The molecule has 0 fully saturated rings. The zero-order chi connectivity index (χ0) is 23.7. The van der Waals surface area contributed by atoms with Gasteiger partial charge < -0.3 is 16.5 Å². The first-order valence-corrected chi connectivity index (χ1v) is 10.7. The number of benzene rings is 2. The summed E-state index contributed by atoms with van der Waals surface area (Å²) >= 11 is 0. The minimum Gasteiger partial charge on any atom is -0.397 e. The van der Waals surface area contributed by atoms with Gasteiger partial charge in [0.05, 0.1) is 17.9 Å². The van der Waals surface area contributed by atoms with Crippen molar-refractivity contribution >= 4 is 28.2 Å². The maximum Gasteiger partial charge on any atom is 0.206 e. The van der Waals surface area contributed by atoms with Crippen LogP contribution in [0.3, 0.4) is 0 Å². The number of pyridine rings is 1. The first kappa shape index (κ1) is 21.4. The predicted octanol–water partition coefficient (Wildman–Crippen LogP) is 3.56. The van der Waals surface area contributed by atoms with E-state index in [0.717, 1.165) is 22.4 Å². The number of fused-ring (bicyclic) bond motifs is 3. The number of hydrogen-bond donors (Lipinski definition) is 3. The van der Waals surface area contributed by atoms with Crippen molar-refractivity contribution < 1.29 is 4.39 Å². The van der Waals surface area contributed by atoms with E-state index in [0.29, 0.717) is 23.3 Å². The van der Waals surface area contributed by atoms with Crippen molar-refractivity contribution in [2.45, 2.75) is 6.54 Å². The Labute approximate surface area is 195 Å². The van der Waals surface area contributed by atoms with Crippen LogP contribution in [0.1, 0.15) is 11.3 Å². The lowest BCUT2D eigenvalue weighted by Crippen LogP contribution is -2.30. The van der Waals surface area contributed by atoms with Crippen LogP contribution in [0, 0.1) is 5.82 Å². The predicted molar refractivity (Wildman–Crippen MR) is 131 cm³/mol. The molecule has 0 atom stereocenters. The molecule has 0 radical (unpaired) electrons. The van der Waals surface area contributed by atoms with Crippen LogP contribution in [0.5, 0.6) is 0 Å². The summed E-state index contributed by atoms with van der Waals surface area (Å²) < 4.78 is 15.9. The SMILES string of the molecule is CNN(/C=C(\N)c1ccc(-c2cccnc2)cc1)Cc1cn2c(N)nc3c(F)cccc3c2n1. The zero-order valence-electron chi connectivity index (χ0n) is 18.5. The topological polar surface area (TPSA) is 110 Å². The van der Waals surface area contributed by atoms with Crippen LogP contribution in [-0.2, 0) is 6.54 Å². The number of halogens is 1. The van der Waals surface area contributed by atoms with Crippen molar-refractivity contribution in [3.8, 4) is 11.1 Å². The molecule has 5 aromatic rings. The number of hydrogen-bond acceptors (Lipinski definition) is 7. The summed E-state index contributed by atoms with van der Waals surface area (Å²) in [5.74, 6) is -0.260. The molecule has 170 valence electrons. The molecule has 5 rings (SSSR count). The van der Waals surface area contributed by atoms with Crippen LogP contribution >= 0.6 is 0 Å². The minimum absolute atomic E-state index is 0.172. The van der Waals surface area contributed by atoms with Gasteiger partial charge in [0.1, 0.15) is 17.0 Å². The lowest BCUT2D eigenvalue weighted by molar-refractivity contribution is 0.288. The third-order valence-corrected chi connectivity index (χ3v) is 5.58. The van der Waals surface area contributed by atoms with Gasteiger partial charge in [0.15, 0.2) is 0 Å². The number of para-hydroxylation sites is 1. The molecule has 0 unspecified atom stereocenters. The number of nitrogens with one attached hydrogen (secondary N) is 1. The molecule has 3 aromatic heterocycles. The number of anilines is 1. The van der Waals surface area contributed by atoms with Gasteiger partial charge in [-0.15, -0.1) is 0 Å². The molecule has 8 nitrogen and oxygen atoms in total. The fraction of sp³-hybridized carbons (Fsp3) is 0.0800. The molecule has 0 aliphatic heterocycles. The fourth-order valence-corrected chi connectivity index (χ4v) is 3.84. The van der Waals surface area contributed by atoms with Crippen LogP contribution in [0.25, 0.3) is 33.4 Å². The zero-order valence-corrected chi connectivity index (χ0v) is 18.5. The fourth-order valence-electron chi connectivity index (χ4n) is 3.84. The minimum atomic E-state index is -0.432. The number of nitrogens with zero attached hydrogens (tertiary/aromatic N) is 5. The smallest absolute Gasteiger partial charge is 0.206 e. The van der Waals surface area contributed by atoms with Crippen LogP contribution in [0.15, 0.2) is 79.4 Å². The third kappa shape index (κ3) is 4.00. The highest BCUT2D eigenvalue weighted by molar-refractivity contribution is 5.92. The van der Waals surface area contributed by atoms with Gasteiger partial charge in [-0.2, -0.15) is 0 Å². The summed E-state index contributed by atoms with van der Waals surface area (Å²) in [4.78, 5) is 13.0. The Kier molecular flexibility index (Phi) is 5.52. The van der Waals surface area contributed by atoms with E-state index in [-0.39, 0.29) is 11.5 Å². The van der Waals surface area contributed by atoms with Crippen LogP contribution in [0.4, 0.5) is 10.3 Å². The van der Waals surface area contributed by atoms with E-state index in [1.54, 1.807) is 36.0 Å². The van der Waals surface area contributed by atoms with Crippen molar-refractivity contribution in [3.05, 3.63) is 96.5 Å². The molecule has 0 bridgehead atoms. The average molecular weight is 455 g/mol. The van der Waals surface area contributed by atoms with Crippen molar-refractivity contribution in [2.24, 2.45) is 5.73 Å². The van der Waals surface area contributed by atoms with E-state index in [1.165, 1.54) is 6.07 Å². The Morgan fingerprint density at radius 3 is 2.65 bits per heavy atom. The van der Waals surface area contributed by atoms with Gasteiger partial charge in [0, 0.05) is 37.2 Å². The van der Waals surface area contributed by atoms with Gasteiger partial charge in [0.2, 0.25) is 5.95 Å². The lowest BCUT2D eigenvalue weighted by atomic mass is 10.0. The van der Waals surface area contributed by atoms with E-state index < -0.39 is 5.82 Å². The normalized spacial score (nSPS) is 11.9. The molecule has 34 heavy (non-hydrogen) atoms. The summed E-state index contributed by atoms with van der Waals surface area (Å²) in [6.07, 6.45) is 7.17. The second-order valence-corrected chi connectivity index (χ2v) is 7.79. The quantitative estimate of drug-likeness (QED) is 0.337. The Hall–Kier alpha value is -4.50. The maximum absolute atomic E-state index is 14.2. The largest absolute Gasteiger partial charge is 0.397 e. The molecular weight excluding hydrogens is 431 g/mol. The average Bonchev–Trinajstić information content (AvgIpc) is 3.30. The number of rotatable bonds is 6. The van der Waals surface area contributed by atoms with E-state index in [9.17, 15) is 4.39 Å². The van der Waals surface area contributed by atoms with Crippen molar-refractivity contribution in [1.82, 2.24) is 29.8 Å². The molecule has 3 heterocycles. The monoisotopic (exact) mass is 454 g/mol. The molecule has 0 spiro atoms. The van der Waals surface area contributed by atoms with Gasteiger partial charge in [-0.05, 0) is 34.9 Å². The highest BCUT2D eigenvalue weighted by Gasteiger charge is 2.14. The summed E-state index contributed by atoms with van der Waals surface area (Å²) in [5, 5.41) is 2.42. The number of nitrogen functional groups attached to an aromatic ring is 1. The third-order valence-electron chi connectivity index (χ3n) is 5.58. The van der Waals surface area contributed by atoms with E-state index in [4.69, 9.17) is 11.5 Å². The van der Waals surface area contributed by atoms with E-state index in [1.807, 2.05) is 53.8 Å². The second-order valence-electron chi connectivity index (χ2n) is 7.79. The van der Waals surface area contributed by atoms with Crippen molar-refractivity contribution in [1.29, 1.82) is 0 Å². The van der Waals surface area contributed by atoms with Crippen LogP contribution in [0.2, 0.25) is 0 Å². The molecule has 2 aromatic carbocycles. The van der Waals surface area contributed by atoms with Gasteiger partial charge in [-0.3, -0.25) is 9.38 Å². The number of imidazole rings is 1. The molecular formula is C25H23FN8. The Morgan fingerprint density at radius 2 is 1.91 bits per heavy atom. The first-order valence-electron chi connectivity index (χ1n) is 10.7. The van der Waals surface area contributed by atoms with Crippen molar-refractivity contribution in [3.63, 3.8) is 0 Å². The Balaban J connectivity index is 1.41. The Morgan fingerprint density at radius 1 is 1.09 bits per heavy atom.